The summed E-state index contributed by atoms with van der Waals surface area (Å²) >= 11 is 0. The topological polar surface area (TPSA) is 38.5 Å². The SMILES string of the molecule is CN(C)CC1[CH]OCC(Cc2c(F)cccc2F)C1c1ccc(N)cc1. The average Bonchev–Trinajstić information content (AvgIpc) is 2.59. The molecule has 1 saturated heterocycles. The Hall–Kier alpha value is -1.98. The number of hydrogen-bond donors (Lipinski definition) is 1. The van der Waals surface area contributed by atoms with E-state index in [1.807, 2.05) is 45.0 Å². The van der Waals surface area contributed by atoms with Crippen LogP contribution in [0.1, 0.15) is 17.0 Å². The van der Waals surface area contributed by atoms with Crippen molar-refractivity contribution < 1.29 is 13.5 Å². The maximum atomic E-state index is 14.2. The molecule has 1 radical (unpaired) electrons. The Morgan fingerprint density at radius 2 is 1.73 bits per heavy atom. The number of rotatable bonds is 5. The van der Waals surface area contributed by atoms with Gasteiger partial charge in [-0.3, -0.25) is 0 Å². The number of hydrogen-bond acceptors (Lipinski definition) is 3. The lowest BCUT2D eigenvalue weighted by atomic mass is 9.73. The van der Waals surface area contributed by atoms with Gasteiger partial charge in [0.25, 0.3) is 0 Å². The molecule has 3 unspecified atom stereocenters. The van der Waals surface area contributed by atoms with Gasteiger partial charge in [-0.25, -0.2) is 8.78 Å². The van der Waals surface area contributed by atoms with E-state index in [9.17, 15) is 8.78 Å². The molecule has 26 heavy (non-hydrogen) atoms. The second-order valence-corrected chi connectivity index (χ2v) is 7.25. The van der Waals surface area contributed by atoms with Crippen molar-refractivity contribution in [1.29, 1.82) is 0 Å². The van der Waals surface area contributed by atoms with Gasteiger partial charge in [0, 0.05) is 23.7 Å². The van der Waals surface area contributed by atoms with E-state index in [2.05, 4.69) is 4.90 Å². The Bertz CT molecular complexity index is 713. The van der Waals surface area contributed by atoms with E-state index in [4.69, 9.17) is 10.5 Å². The van der Waals surface area contributed by atoms with Gasteiger partial charge in [-0.2, -0.15) is 0 Å². The van der Waals surface area contributed by atoms with Crippen LogP contribution in [0.3, 0.4) is 0 Å². The zero-order valence-electron chi connectivity index (χ0n) is 15.2. The fourth-order valence-electron chi connectivity index (χ4n) is 3.83. The molecule has 5 heteroatoms. The number of nitrogens with zero attached hydrogens (tertiary/aromatic N) is 1. The van der Waals surface area contributed by atoms with E-state index < -0.39 is 11.6 Å². The number of nitrogen functional groups attached to an aromatic ring is 1. The number of benzene rings is 2. The van der Waals surface area contributed by atoms with Crippen LogP contribution in [0.25, 0.3) is 0 Å². The smallest absolute Gasteiger partial charge is 0.129 e. The van der Waals surface area contributed by atoms with Gasteiger partial charge in [-0.1, -0.05) is 18.2 Å². The second-order valence-electron chi connectivity index (χ2n) is 7.25. The summed E-state index contributed by atoms with van der Waals surface area (Å²) in [6, 6.07) is 11.8. The van der Waals surface area contributed by atoms with Crippen molar-refractivity contribution in [3.05, 3.63) is 71.8 Å². The molecular weight excluding hydrogens is 334 g/mol. The van der Waals surface area contributed by atoms with Crippen molar-refractivity contribution in [1.82, 2.24) is 4.90 Å². The summed E-state index contributed by atoms with van der Waals surface area (Å²) in [4.78, 5) is 2.10. The Morgan fingerprint density at radius 1 is 1.08 bits per heavy atom. The highest BCUT2D eigenvalue weighted by Gasteiger charge is 2.36. The van der Waals surface area contributed by atoms with Gasteiger partial charge in [0.1, 0.15) is 11.6 Å². The summed E-state index contributed by atoms with van der Waals surface area (Å²) in [5.41, 5.74) is 7.78. The van der Waals surface area contributed by atoms with Crippen molar-refractivity contribution in [3.63, 3.8) is 0 Å². The second kappa shape index (κ2) is 8.14. The molecule has 0 aliphatic carbocycles. The van der Waals surface area contributed by atoms with Crippen LogP contribution in [-0.2, 0) is 11.2 Å². The minimum atomic E-state index is -0.500. The standard InChI is InChI=1S/C21H25F2N2O/c1-25(2)11-16-13-26-12-15(10-18-19(22)4-3-5-20(18)23)21(16)14-6-8-17(24)9-7-14/h3-9,13,15-16,21H,10-12,24H2,1-2H3. The first-order valence-corrected chi connectivity index (χ1v) is 8.83. The molecule has 2 N–H and O–H groups in total. The lowest BCUT2D eigenvalue weighted by molar-refractivity contribution is 0.0390. The van der Waals surface area contributed by atoms with Crippen LogP contribution in [-0.4, -0.2) is 32.1 Å². The lowest BCUT2D eigenvalue weighted by Crippen LogP contribution is -2.38. The molecule has 1 aliphatic rings. The van der Waals surface area contributed by atoms with Gasteiger partial charge in [0.05, 0.1) is 13.2 Å². The first-order chi connectivity index (χ1) is 12.5. The zero-order valence-corrected chi connectivity index (χ0v) is 15.2. The third-order valence-corrected chi connectivity index (χ3v) is 4.98. The summed E-state index contributed by atoms with van der Waals surface area (Å²) in [5.74, 6) is -0.799. The maximum Gasteiger partial charge on any atom is 0.129 e. The van der Waals surface area contributed by atoms with Gasteiger partial charge in [0.15, 0.2) is 0 Å². The Labute approximate surface area is 153 Å². The zero-order chi connectivity index (χ0) is 18.7. The van der Waals surface area contributed by atoms with E-state index in [0.717, 1.165) is 12.1 Å². The summed E-state index contributed by atoms with van der Waals surface area (Å²) in [6.07, 6.45) is 0.297. The predicted molar refractivity (Wildman–Crippen MR) is 99.4 cm³/mol. The molecule has 1 heterocycles. The number of anilines is 1. The van der Waals surface area contributed by atoms with Crippen LogP contribution in [0.2, 0.25) is 0 Å². The fraction of sp³-hybridized carbons (Fsp3) is 0.381. The van der Waals surface area contributed by atoms with E-state index in [-0.39, 0.29) is 23.3 Å². The molecule has 2 aromatic carbocycles. The van der Waals surface area contributed by atoms with Crippen LogP contribution in [0.5, 0.6) is 0 Å². The first kappa shape index (κ1) is 18.8. The van der Waals surface area contributed by atoms with E-state index in [0.29, 0.717) is 18.7 Å². The summed E-state index contributed by atoms with van der Waals surface area (Å²) < 4.78 is 34.1. The van der Waals surface area contributed by atoms with Crippen molar-refractivity contribution >= 4 is 5.69 Å². The largest absolute Gasteiger partial charge is 0.399 e. The normalized spacial score (nSPS) is 23.3. The van der Waals surface area contributed by atoms with Gasteiger partial charge in [-0.05, 0) is 62.2 Å². The Balaban J connectivity index is 1.93. The average molecular weight is 359 g/mol. The highest BCUT2D eigenvalue weighted by Crippen LogP contribution is 2.40. The summed E-state index contributed by atoms with van der Waals surface area (Å²) in [7, 11) is 4.02. The molecule has 139 valence electrons. The van der Waals surface area contributed by atoms with Gasteiger partial charge in [-0.15, -0.1) is 0 Å². The van der Waals surface area contributed by atoms with Crippen LogP contribution < -0.4 is 5.73 Å². The van der Waals surface area contributed by atoms with Crippen LogP contribution in [0.15, 0.2) is 42.5 Å². The predicted octanol–water partition coefficient (Wildman–Crippen LogP) is 3.86. The molecule has 0 saturated carbocycles. The van der Waals surface area contributed by atoms with Crippen molar-refractivity contribution in [2.45, 2.75) is 12.3 Å². The van der Waals surface area contributed by atoms with E-state index >= 15 is 0 Å². The number of halogens is 2. The molecule has 3 rings (SSSR count). The van der Waals surface area contributed by atoms with Crippen molar-refractivity contribution in [3.8, 4) is 0 Å². The summed E-state index contributed by atoms with van der Waals surface area (Å²) in [6.45, 7) is 3.10. The van der Waals surface area contributed by atoms with E-state index in [1.54, 1.807) is 0 Å². The molecule has 2 aromatic rings. The molecule has 0 amide bonds. The van der Waals surface area contributed by atoms with Gasteiger partial charge in [0.2, 0.25) is 0 Å². The van der Waals surface area contributed by atoms with Crippen molar-refractivity contribution in [2.75, 3.05) is 33.0 Å². The number of nitrogens with two attached hydrogens (primary N) is 1. The lowest BCUT2D eigenvalue weighted by Gasteiger charge is -2.39. The van der Waals surface area contributed by atoms with Crippen LogP contribution in [0.4, 0.5) is 14.5 Å². The Kier molecular flexibility index (Phi) is 5.89. The highest BCUT2D eigenvalue weighted by molar-refractivity contribution is 5.41. The quantitative estimate of drug-likeness (QED) is 0.824. The van der Waals surface area contributed by atoms with Crippen LogP contribution >= 0.6 is 0 Å². The molecule has 3 nitrogen and oxygen atoms in total. The molecule has 0 aromatic heterocycles. The first-order valence-electron chi connectivity index (χ1n) is 8.83. The number of ether oxygens (including phenoxy) is 1. The van der Waals surface area contributed by atoms with Crippen molar-refractivity contribution in [2.24, 2.45) is 11.8 Å². The van der Waals surface area contributed by atoms with Gasteiger partial charge >= 0.3 is 0 Å². The maximum absolute atomic E-state index is 14.2. The summed E-state index contributed by atoms with van der Waals surface area (Å²) in [5, 5.41) is 0. The van der Waals surface area contributed by atoms with E-state index in [1.165, 1.54) is 18.2 Å². The van der Waals surface area contributed by atoms with Gasteiger partial charge < -0.3 is 15.4 Å². The molecule has 0 spiro atoms. The molecule has 0 bridgehead atoms. The minimum absolute atomic E-state index is 0.0278. The Morgan fingerprint density at radius 3 is 2.35 bits per heavy atom. The highest BCUT2D eigenvalue weighted by atomic mass is 19.1. The molecule has 3 atom stereocenters. The molecule has 1 aliphatic heterocycles. The van der Waals surface area contributed by atoms with Crippen LogP contribution in [0, 0.1) is 30.1 Å². The monoisotopic (exact) mass is 359 g/mol. The third kappa shape index (κ3) is 4.22. The third-order valence-electron chi connectivity index (χ3n) is 4.98. The molecule has 1 fully saturated rings. The fourth-order valence-corrected chi connectivity index (χ4v) is 3.83. The molecular formula is C21H25F2N2O. The minimum Gasteiger partial charge on any atom is -0.399 e.